The molecule has 1 aliphatic rings. The molecule has 0 aliphatic carbocycles. The fourth-order valence-electron chi connectivity index (χ4n) is 2.66. The fraction of sp³-hybridized carbons (Fsp3) is 0.647. The second-order valence-electron chi connectivity index (χ2n) is 7.94. The molecule has 0 spiro atoms. The van der Waals surface area contributed by atoms with Crippen molar-refractivity contribution < 1.29 is 15.1 Å². The Bertz CT molecular complexity index is 491. The summed E-state index contributed by atoms with van der Waals surface area (Å²) >= 11 is 0. The van der Waals surface area contributed by atoms with Gasteiger partial charge in [0.1, 0.15) is 5.75 Å². The highest BCUT2D eigenvalue weighted by Crippen LogP contribution is 2.41. The molecule has 1 aromatic carbocycles. The minimum Gasteiger partial charge on any atom is -0.507 e. The lowest BCUT2D eigenvalue weighted by molar-refractivity contribution is -0.101. The molecule has 1 saturated heterocycles. The molecule has 1 aliphatic heterocycles. The summed E-state index contributed by atoms with van der Waals surface area (Å²) in [7, 11) is 0. The zero-order valence-electron chi connectivity index (χ0n) is 13.8. The lowest BCUT2D eigenvalue weighted by Gasteiger charge is -2.29. The van der Waals surface area contributed by atoms with Crippen LogP contribution in [-0.4, -0.2) is 16.5 Å². The van der Waals surface area contributed by atoms with Crippen LogP contribution in [0.25, 0.3) is 0 Å². The first-order chi connectivity index (χ1) is 9.50. The Morgan fingerprint density at radius 1 is 1.05 bits per heavy atom. The average Bonchev–Trinajstić information content (AvgIpc) is 2.73. The van der Waals surface area contributed by atoms with Crippen molar-refractivity contribution in [2.75, 3.05) is 0 Å². The standard InChI is InChI=1S/C17H27NO3/c1-16(2,3)11-7-10(13-9-14(19)21-18-13)8-12(15(11)20)17(4,5)6/h7-8,13-14,18-20H,9H2,1-6H3. The molecule has 0 radical (unpaired) electrons. The molecular formula is C17H27NO3. The lowest BCUT2D eigenvalue weighted by atomic mass is 9.77. The molecule has 21 heavy (non-hydrogen) atoms. The minimum absolute atomic E-state index is 0.0530. The van der Waals surface area contributed by atoms with E-state index in [9.17, 15) is 10.2 Å². The number of aromatic hydroxyl groups is 1. The summed E-state index contributed by atoms with van der Waals surface area (Å²) in [5.41, 5.74) is 5.45. The van der Waals surface area contributed by atoms with E-state index in [2.05, 4.69) is 47.0 Å². The van der Waals surface area contributed by atoms with Gasteiger partial charge in [0.2, 0.25) is 0 Å². The summed E-state index contributed by atoms with van der Waals surface area (Å²) in [4.78, 5) is 5.04. The van der Waals surface area contributed by atoms with Crippen molar-refractivity contribution in [2.24, 2.45) is 0 Å². The molecule has 0 bridgehead atoms. The van der Waals surface area contributed by atoms with Crippen LogP contribution < -0.4 is 5.48 Å². The molecule has 1 aromatic rings. The average molecular weight is 293 g/mol. The van der Waals surface area contributed by atoms with Crippen LogP contribution in [0.15, 0.2) is 12.1 Å². The van der Waals surface area contributed by atoms with Gasteiger partial charge >= 0.3 is 0 Å². The predicted molar refractivity (Wildman–Crippen MR) is 83.1 cm³/mol. The monoisotopic (exact) mass is 293 g/mol. The van der Waals surface area contributed by atoms with E-state index in [1.54, 1.807) is 0 Å². The number of hydrogen-bond donors (Lipinski definition) is 3. The van der Waals surface area contributed by atoms with Crippen LogP contribution in [0.5, 0.6) is 5.75 Å². The van der Waals surface area contributed by atoms with Crippen LogP contribution in [0.3, 0.4) is 0 Å². The largest absolute Gasteiger partial charge is 0.507 e. The van der Waals surface area contributed by atoms with Crippen molar-refractivity contribution in [3.8, 4) is 5.75 Å². The molecule has 3 N–H and O–H groups in total. The van der Waals surface area contributed by atoms with Crippen LogP contribution in [-0.2, 0) is 15.7 Å². The summed E-state index contributed by atoms with van der Waals surface area (Å²) < 4.78 is 0. The van der Waals surface area contributed by atoms with Crippen LogP contribution in [0.4, 0.5) is 0 Å². The van der Waals surface area contributed by atoms with Gasteiger partial charge in [-0.3, -0.25) is 4.84 Å². The van der Waals surface area contributed by atoms with Crippen molar-refractivity contribution in [2.45, 2.75) is 71.1 Å². The Kier molecular flexibility index (Phi) is 4.08. The van der Waals surface area contributed by atoms with Gasteiger partial charge in [-0.2, -0.15) is 5.48 Å². The van der Waals surface area contributed by atoms with Gasteiger partial charge in [0.05, 0.1) is 6.04 Å². The highest BCUT2D eigenvalue weighted by atomic mass is 16.7. The summed E-state index contributed by atoms with van der Waals surface area (Å²) in [5.74, 6) is 0.373. The minimum atomic E-state index is -0.778. The number of aliphatic hydroxyl groups excluding tert-OH is 1. The number of phenolic OH excluding ortho intramolecular Hbond substituents is 1. The van der Waals surface area contributed by atoms with Crippen molar-refractivity contribution in [1.29, 1.82) is 0 Å². The molecule has 1 fully saturated rings. The van der Waals surface area contributed by atoms with Gasteiger partial charge in [-0.05, 0) is 39.7 Å². The first-order valence-electron chi connectivity index (χ1n) is 7.47. The predicted octanol–water partition coefficient (Wildman–Crippen LogP) is 3.27. The van der Waals surface area contributed by atoms with Crippen molar-refractivity contribution in [1.82, 2.24) is 5.48 Å². The maximum Gasteiger partial charge on any atom is 0.176 e. The van der Waals surface area contributed by atoms with E-state index in [1.807, 2.05) is 12.1 Å². The molecule has 1 heterocycles. The zero-order valence-corrected chi connectivity index (χ0v) is 13.8. The zero-order chi connectivity index (χ0) is 16.0. The fourth-order valence-corrected chi connectivity index (χ4v) is 2.66. The third-order valence-electron chi connectivity index (χ3n) is 3.93. The van der Waals surface area contributed by atoms with Gasteiger partial charge in [0, 0.05) is 6.42 Å². The smallest absolute Gasteiger partial charge is 0.176 e. The Labute approximate surface area is 127 Å². The Morgan fingerprint density at radius 2 is 1.52 bits per heavy atom. The third kappa shape index (κ3) is 3.39. The normalized spacial score (nSPS) is 23.6. The van der Waals surface area contributed by atoms with E-state index in [0.717, 1.165) is 16.7 Å². The molecular weight excluding hydrogens is 266 g/mol. The molecule has 2 unspecified atom stereocenters. The van der Waals surface area contributed by atoms with E-state index < -0.39 is 6.29 Å². The van der Waals surface area contributed by atoms with Crippen molar-refractivity contribution in [3.63, 3.8) is 0 Å². The first kappa shape index (κ1) is 16.3. The Morgan fingerprint density at radius 3 is 1.86 bits per heavy atom. The highest BCUT2D eigenvalue weighted by molar-refractivity contribution is 5.50. The Hall–Kier alpha value is -1.10. The quantitative estimate of drug-likeness (QED) is 0.743. The first-order valence-corrected chi connectivity index (χ1v) is 7.47. The van der Waals surface area contributed by atoms with Gasteiger partial charge in [0.25, 0.3) is 0 Å². The SMILES string of the molecule is CC(C)(C)c1cc(C2CC(O)ON2)cc(C(C)(C)C)c1O. The summed E-state index contributed by atoms with van der Waals surface area (Å²) in [5, 5.41) is 20.2. The van der Waals surface area contributed by atoms with Gasteiger partial charge < -0.3 is 10.2 Å². The summed E-state index contributed by atoms with van der Waals surface area (Å²) in [6.45, 7) is 12.5. The maximum atomic E-state index is 10.7. The van der Waals surface area contributed by atoms with E-state index in [0.29, 0.717) is 12.2 Å². The molecule has 2 rings (SSSR count). The van der Waals surface area contributed by atoms with E-state index in [4.69, 9.17) is 4.84 Å². The van der Waals surface area contributed by atoms with Gasteiger partial charge in [-0.15, -0.1) is 0 Å². The number of nitrogens with one attached hydrogen (secondary N) is 1. The molecule has 118 valence electrons. The number of hydroxylamine groups is 1. The molecule has 0 amide bonds. The maximum absolute atomic E-state index is 10.7. The topological polar surface area (TPSA) is 61.7 Å². The number of benzene rings is 1. The molecule has 2 atom stereocenters. The van der Waals surface area contributed by atoms with Crippen LogP contribution in [0, 0.1) is 0 Å². The van der Waals surface area contributed by atoms with E-state index >= 15 is 0 Å². The van der Waals surface area contributed by atoms with Gasteiger partial charge in [-0.25, -0.2) is 0 Å². The third-order valence-corrected chi connectivity index (χ3v) is 3.93. The second kappa shape index (κ2) is 5.27. The van der Waals surface area contributed by atoms with Gasteiger partial charge in [-0.1, -0.05) is 41.5 Å². The summed E-state index contributed by atoms with van der Waals surface area (Å²) in [6, 6.07) is 3.98. The van der Waals surface area contributed by atoms with E-state index in [1.165, 1.54) is 0 Å². The Balaban J connectivity index is 2.57. The molecule has 0 aromatic heterocycles. The highest BCUT2D eigenvalue weighted by Gasteiger charge is 2.31. The molecule has 0 saturated carbocycles. The van der Waals surface area contributed by atoms with E-state index in [-0.39, 0.29) is 16.9 Å². The molecule has 4 nitrogen and oxygen atoms in total. The van der Waals surface area contributed by atoms with Crippen LogP contribution >= 0.6 is 0 Å². The van der Waals surface area contributed by atoms with Crippen molar-refractivity contribution in [3.05, 3.63) is 28.8 Å². The summed E-state index contributed by atoms with van der Waals surface area (Å²) in [6.07, 6.45) is -0.266. The number of aliphatic hydroxyl groups is 1. The van der Waals surface area contributed by atoms with Crippen LogP contribution in [0.2, 0.25) is 0 Å². The van der Waals surface area contributed by atoms with Gasteiger partial charge in [0.15, 0.2) is 6.29 Å². The van der Waals surface area contributed by atoms with Crippen molar-refractivity contribution >= 4 is 0 Å². The van der Waals surface area contributed by atoms with Crippen LogP contribution in [0.1, 0.15) is 70.7 Å². The lowest BCUT2D eigenvalue weighted by Crippen LogP contribution is -2.20. The second-order valence-corrected chi connectivity index (χ2v) is 7.94. The number of rotatable bonds is 1. The number of phenols is 1. The molecule has 4 heteroatoms. The number of hydrogen-bond acceptors (Lipinski definition) is 4.